The molecule has 0 saturated carbocycles. The maximum Gasteiger partial charge on any atom is 0.243 e. The van der Waals surface area contributed by atoms with Gasteiger partial charge in [-0.1, -0.05) is 30.3 Å². The smallest absolute Gasteiger partial charge is 0.243 e. The molecule has 1 saturated heterocycles. The van der Waals surface area contributed by atoms with Gasteiger partial charge in [0.2, 0.25) is 15.9 Å². The lowest BCUT2D eigenvalue weighted by Gasteiger charge is -2.34. The van der Waals surface area contributed by atoms with Gasteiger partial charge in [0.25, 0.3) is 0 Å². The van der Waals surface area contributed by atoms with Crippen LogP contribution in [-0.4, -0.2) is 69.9 Å². The summed E-state index contributed by atoms with van der Waals surface area (Å²) in [6.07, 6.45) is 0.201. The number of amides is 1. The predicted octanol–water partition coefficient (Wildman–Crippen LogP) is 1.95. The van der Waals surface area contributed by atoms with E-state index in [2.05, 4.69) is 6.07 Å². The van der Waals surface area contributed by atoms with E-state index in [-0.39, 0.29) is 30.3 Å². The molecule has 9 heteroatoms. The average molecular weight is 443 g/mol. The minimum Gasteiger partial charge on any atom is -0.495 e. The van der Waals surface area contributed by atoms with Crippen molar-refractivity contribution in [1.82, 2.24) is 9.21 Å². The monoisotopic (exact) mass is 442 g/mol. The van der Waals surface area contributed by atoms with E-state index in [9.17, 15) is 13.2 Å². The maximum atomic E-state index is 13.1. The molecule has 0 aliphatic carbocycles. The van der Waals surface area contributed by atoms with Crippen molar-refractivity contribution in [1.29, 1.82) is 5.26 Å². The van der Waals surface area contributed by atoms with Gasteiger partial charge in [0.05, 0.1) is 36.7 Å². The summed E-state index contributed by atoms with van der Waals surface area (Å²) in [4.78, 5) is 16.9. The second-order valence-corrected chi connectivity index (χ2v) is 9.06. The van der Waals surface area contributed by atoms with Crippen molar-refractivity contribution in [3.8, 4) is 11.8 Å². The van der Waals surface area contributed by atoms with E-state index in [1.54, 1.807) is 47.4 Å². The van der Waals surface area contributed by atoms with Crippen molar-refractivity contribution in [3.63, 3.8) is 0 Å². The van der Waals surface area contributed by atoms with Crippen LogP contribution in [0, 0.1) is 11.3 Å². The number of nitrogens with zero attached hydrogens (tertiary/aromatic N) is 4. The number of carbonyl (C=O) groups excluding carboxylic acids is 1. The predicted molar refractivity (Wildman–Crippen MR) is 117 cm³/mol. The van der Waals surface area contributed by atoms with Gasteiger partial charge in [-0.2, -0.15) is 9.57 Å². The minimum atomic E-state index is -3.54. The van der Waals surface area contributed by atoms with Crippen molar-refractivity contribution in [2.24, 2.45) is 0 Å². The highest BCUT2D eigenvalue weighted by atomic mass is 32.2. The molecule has 31 heavy (non-hydrogen) atoms. The summed E-state index contributed by atoms with van der Waals surface area (Å²) in [5.74, 6) is 0.409. The van der Waals surface area contributed by atoms with Crippen molar-refractivity contribution >= 4 is 21.6 Å². The van der Waals surface area contributed by atoms with Crippen molar-refractivity contribution in [2.45, 2.75) is 11.3 Å². The third-order valence-electron chi connectivity index (χ3n) is 5.20. The van der Waals surface area contributed by atoms with Crippen LogP contribution in [0.2, 0.25) is 0 Å². The topological polar surface area (TPSA) is 93.9 Å². The van der Waals surface area contributed by atoms with Gasteiger partial charge < -0.3 is 9.64 Å². The molecular weight excluding hydrogens is 416 g/mol. The van der Waals surface area contributed by atoms with Crippen LogP contribution >= 0.6 is 0 Å². The number of sulfonamides is 1. The third-order valence-corrected chi connectivity index (χ3v) is 7.11. The lowest BCUT2D eigenvalue weighted by molar-refractivity contribution is -0.120. The van der Waals surface area contributed by atoms with Gasteiger partial charge in [-0.05, 0) is 24.3 Å². The van der Waals surface area contributed by atoms with E-state index >= 15 is 0 Å². The van der Waals surface area contributed by atoms with Crippen molar-refractivity contribution < 1.29 is 17.9 Å². The molecule has 0 aromatic heterocycles. The fourth-order valence-corrected chi connectivity index (χ4v) is 4.98. The second kappa shape index (κ2) is 10.4. The summed E-state index contributed by atoms with van der Waals surface area (Å²) in [6, 6.07) is 17.6. The first-order valence-corrected chi connectivity index (χ1v) is 11.5. The zero-order chi connectivity index (χ0) is 22.3. The lowest BCUT2D eigenvalue weighted by atomic mass is 10.2. The van der Waals surface area contributed by atoms with Gasteiger partial charge in [-0.15, -0.1) is 0 Å². The van der Waals surface area contributed by atoms with Crippen LogP contribution in [0.25, 0.3) is 0 Å². The first-order chi connectivity index (χ1) is 15.0. The molecule has 0 radical (unpaired) electrons. The first-order valence-electron chi connectivity index (χ1n) is 10.0. The van der Waals surface area contributed by atoms with E-state index in [4.69, 9.17) is 10.00 Å². The van der Waals surface area contributed by atoms with Gasteiger partial charge in [0.1, 0.15) is 5.75 Å². The largest absolute Gasteiger partial charge is 0.495 e. The molecule has 164 valence electrons. The van der Waals surface area contributed by atoms with Gasteiger partial charge in [-0.3, -0.25) is 9.69 Å². The summed E-state index contributed by atoms with van der Waals surface area (Å²) < 4.78 is 32.4. The zero-order valence-electron chi connectivity index (χ0n) is 17.5. The zero-order valence-corrected chi connectivity index (χ0v) is 18.3. The lowest BCUT2D eigenvalue weighted by Crippen LogP contribution is -2.51. The van der Waals surface area contributed by atoms with Gasteiger partial charge in [0.15, 0.2) is 0 Å². The quantitative estimate of drug-likeness (QED) is 0.620. The van der Waals surface area contributed by atoms with E-state index < -0.39 is 10.0 Å². The Morgan fingerprint density at radius 2 is 1.71 bits per heavy atom. The summed E-state index contributed by atoms with van der Waals surface area (Å²) >= 11 is 0. The number of anilines is 1. The molecule has 2 aromatic rings. The number of hydrogen-bond donors (Lipinski definition) is 0. The highest BCUT2D eigenvalue weighted by Gasteiger charge is 2.30. The van der Waals surface area contributed by atoms with E-state index in [0.29, 0.717) is 37.6 Å². The molecule has 0 spiro atoms. The number of rotatable bonds is 8. The number of methoxy groups -OCH3 is 1. The van der Waals surface area contributed by atoms with Crippen molar-refractivity contribution in [2.75, 3.05) is 51.3 Å². The number of nitriles is 1. The van der Waals surface area contributed by atoms with Crippen LogP contribution < -0.4 is 9.64 Å². The van der Waals surface area contributed by atoms with E-state index in [0.717, 1.165) is 0 Å². The third kappa shape index (κ3) is 5.41. The van der Waals surface area contributed by atoms with Crippen LogP contribution in [0.5, 0.6) is 5.75 Å². The molecule has 1 aliphatic heterocycles. The molecule has 1 amide bonds. The molecule has 8 nitrogen and oxygen atoms in total. The van der Waals surface area contributed by atoms with Crippen LogP contribution in [0.1, 0.15) is 6.42 Å². The Kier molecular flexibility index (Phi) is 7.63. The molecule has 0 atom stereocenters. The number of benzene rings is 2. The average Bonchev–Trinajstić information content (AvgIpc) is 2.80. The molecule has 0 bridgehead atoms. The Hall–Kier alpha value is -2.93. The Morgan fingerprint density at radius 3 is 2.35 bits per heavy atom. The van der Waals surface area contributed by atoms with E-state index in [1.807, 2.05) is 17.0 Å². The Labute approximate surface area is 183 Å². The molecular formula is C22H26N4O4S. The standard InChI is InChI=1S/C22H26N4O4S/c1-30-21-11-6-5-10-20(21)26(13-7-12-23)22(27)18-24-14-16-25(17-15-24)31(28,29)19-8-3-2-4-9-19/h2-6,8-11H,7,13-18H2,1H3. The van der Waals surface area contributed by atoms with Gasteiger partial charge >= 0.3 is 0 Å². The molecule has 1 aliphatic rings. The second-order valence-electron chi connectivity index (χ2n) is 7.12. The molecule has 0 N–H and O–H groups in total. The Balaban J connectivity index is 1.65. The van der Waals surface area contributed by atoms with Crippen LogP contribution in [-0.2, 0) is 14.8 Å². The molecule has 3 rings (SSSR count). The molecule has 2 aromatic carbocycles. The fourth-order valence-electron chi connectivity index (χ4n) is 3.54. The number of carbonyl (C=O) groups is 1. The number of ether oxygens (including phenoxy) is 1. The SMILES string of the molecule is COc1ccccc1N(CCC#N)C(=O)CN1CCN(S(=O)(=O)c2ccccc2)CC1. The summed E-state index contributed by atoms with van der Waals surface area (Å²) in [7, 11) is -2.00. The molecule has 1 heterocycles. The summed E-state index contributed by atoms with van der Waals surface area (Å²) in [6.45, 7) is 1.95. The minimum absolute atomic E-state index is 0.142. The Morgan fingerprint density at radius 1 is 1.06 bits per heavy atom. The normalized spacial score (nSPS) is 15.2. The van der Waals surface area contributed by atoms with Gasteiger partial charge in [-0.25, -0.2) is 8.42 Å². The first kappa shape index (κ1) is 22.7. The summed E-state index contributed by atoms with van der Waals surface area (Å²) in [5.41, 5.74) is 0.621. The van der Waals surface area contributed by atoms with Crippen LogP contribution in [0.3, 0.4) is 0 Å². The highest BCUT2D eigenvalue weighted by Crippen LogP contribution is 2.28. The van der Waals surface area contributed by atoms with Crippen LogP contribution in [0.4, 0.5) is 5.69 Å². The summed E-state index contributed by atoms with van der Waals surface area (Å²) in [5, 5.41) is 9.00. The highest BCUT2D eigenvalue weighted by molar-refractivity contribution is 7.89. The maximum absolute atomic E-state index is 13.1. The van der Waals surface area contributed by atoms with Gasteiger partial charge in [0, 0.05) is 32.7 Å². The van der Waals surface area contributed by atoms with Crippen LogP contribution in [0.15, 0.2) is 59.5 Å². The van der Waals surface area contributed by atoms with Crippen molar-refractivity contribution in [3.05, 3.63) is 54.6 Å². The number of piperazine rings is 1. The molecule has 1 fully saturated rings. The number of para-hydroxylation sites is 2. The van der Waals surface area contributed by atoms with E-state index in [1.165, 1.54) is 11.4 Å². The fraction of sp³-hybridized carbons (Fsp3) is 0.364. The molecule has 0 unspecified atom stereocenters. The Bertz CT molecular complexity index is 1030. The number of hydrogen-bond acceptors (Lipinski definition) is 6.